The predicted molar refractivity (Wildman–Crippen MR) is 91.5 cm³/mol. The molecule has 24 heavy (non-hydrogen) atoms. The number of nitrogens with zero attached hydrogens (tertiary/aromatic N) is 3. The molecule has 0 spiro atoms. The zero-order valence-electron chi connectivity index (χ0n) is 13.8. The average Bonchev–Trinajstić information content (AvgIpc) is 2.96. The van der Waals surface area contributed by atoms with Crippen molar-refractivity contribution in [3.63, 3.8) is 0 Å². The number of aromatic nitrogens is 3. The Kier molecular flexibility index (Phi) is 3.89. The van der Waals surface area contributed by atoms with Gasteiger partial charge in [0.1, 0.15) is 11.3 Å². The van der Waals surface area contributed by atoms with E-state index in [9.17, 15) is 9.59 Å². The van der Waals surface area contributed by atoms with Crippen LogP contribution in [0.3, 0.4) is 0 Å². The van der Waals surface area contributed by atoms with Crippen LogP contribution in [0.2, 0.25) is 0 Å². The first-order valence-electron chi connectivity index (χ1n) is 7.58. The van der Waals surface area contributed by atoms with Crippen molar-refractivity contribution in [2.45, 2.75) is 26.3 Å². The molecule has 3 aromatic rings. The van der Waals surface area contributed by atoms with Crippen LogP contribution in [0.15, 0.2) is 42.9 Å². The Morgan fingerprint density at radius 1 is 1.17 bits per heavy atom. The molecule has 0 aliphatic rings. The fourth-order valence-corrected chi connectivity index (χ4v) is 2.38. The highest BCUT2D eigenvalue weighted by Crippen LogP contribution is 2.19. The Hall–Kier alpha value is -3.02. The first-order valence-corrected chi connectivity index (χ1v) is 7.58. The molecule has 1 amide bonds. The molecule has 3 rings (SSSR count). The molecule has 0 radical (unpaired) electrons. The number of carbonyl (C=O) groups excluding carboxylic acids is 2. The van der Waals surface area contributed by atoms with Crippen LogP contribution in [0.1, 0.15) is 41.6 Å². The molecular weight excluding hydrogens is 304 g/mol. The van der Waals surface area contributed by atoms with E-state index in [1.54, 1.807) is 18.3 Å². The number of hydrogen-bond acceptors (Lipinski definition) is 4. The first-order chi connectivity index (χ1) is 11.4. The lowest BCUT2D eigenvalue weighted by Crippen LogP contribution is -2.40. The molecule has 0 unspecified atom stereocenters. The third kappa shape index (κ3) is 3.17. The van der Waals surface area contributed by atoms with Crippen LogP contribution in [0.5, 0.6) is 0 Å². The van der Waals surface area contributed by atoms with Gasteiger partial charge in [0.25, 0.3) is 5.91 Å². The maximum absolute atomic E-state index is 12.1. The molecule has 6 heteroatoms. The van der Waals surface area contributed by atoms with E-state index in [1.165, 1.54) is 6.20 Å². The molecule has 0 atom stereocenters. The summed E-state index contributed by atoms with van der Waals surface area (Å²) in [6.45, 7) is 5.76. The number of fused-ring (bicyclic) bond motifs is 1. The molecular formula is C18H18N4O2. The Bertz CT molecular complexity index is 905. The molecule has 0 bridgehead atoms. The average molecular weight is 322 g/mol. The Balaban J connectivity index is 1.91. The van der Waals surface area contributed by atoms with Gasteiger partial charge in [-0.15, -0.1) is 0 Å². The summed E-state index contributed by atoms with van der Waals surface area (Å²) in [4.78, 5) is 31.5. The van der Waals surface area contributed by atoms with E-state index in [0.29, 0.717) is 11.3 Å². The number of carbonyl (C=O) groups is 2. The number of rotatable bonds is 3. The molecule has 3 aromatic heterocycles. The highest BCUT2D eigenvalue weighted by molar-refractivity contribution is 5.93. The number of aldehydes is 1. The van der Waals surface area contributed by atoms with Gasteiger partial charge in [-0.25, -0.2) is 9.97 Å². The van der Waals surface area contributed by atoms with E-state index >= 15 is 0 Å². The quantitative estimate of drug-likeness (QED) is 0.752. The van der Waals surface area contributed by atoms with E-state index in [2.05, 4.69) is 15.3 Å². The highest BCUT2D eigenvalue weighted by atomic mass is 16.2. The zero-order chi connectivity index (χ0) is 17.3. The van der Waals surface area contributed by atoms with Gasteiger partial charge in [0, 0.05) is 28.9 Å². The van der Waals surface area contributed by atoms with Crippen molar-refractivity contribution in [3.05, 3.63) is 54.1 Å². The topological polar surface area (TPSA) is 76.9 Å². The van der Waals surface area contributed by atoms with Crippen molar-refractivity contribution in [1.82, 2.24) is 19.9 Å². The van der Waals surface area contributed by atoms with Crippen LogP contribution in [-0.2, 0) is 0 Å². The summed E-state index contributed by atoms with van der Waals surface area (Å²) in [7, 11) is 0. The lowest BCUT2D eigenvalue weighted by atomic mass is 10.1. The van der Waals surface area contributed by atoms with Gasteiger partial charge in [-0.1, -0.05) is 0 Å². The summed E-state index contributed by atoms with van der Waals surface area (Å²) in [5.41, 5.74) is 2.11. The fraction of sp³-hybridized carbons (Fsp3) is 0.222. The second-order valence-electron chi connectivity index (χ2n) is 6.59. The summed E-state index contributed by atoms with van der Waals surface area (Å²) >= 11 is 0. The largest absolute Gasteiger partial charge is 0.346 e. The van der Waals surface area contributed by atoms with Gasteiger partial charge in [0.05, 0.1) is 11.9 Å². The number of pyridine rings is 2. The van der Waals surface area contributed by atoms with Gasteiger partial charge in [-0.3, -0.25) is 14.2 Å². The summed E-state index contributed by atoms with van der Waals surface area (Å²) in [5, 5.41) is 3.75. The second-order valence-corrected chi connectivity index (χ2v) is 6.59. The van der Waals surface area contributed by atoms with Crippen molar-refractivity contribution in [1.29, 1.82) is 0 Å². The Morgan fingerprint density at radius 3 is 2.58 bits per heavy atom. The third-order valence-corrected chi connectivity index (χ3v) is 3.43. The SMILES string of the molecule is CC(C)(C)NC(=O)c1ccc(-n2ccc3cc(C=O)cnc32)cn1. The summed E-state index contributed by atoms with van der Waals surface area (Å²) in [5.74, 6) is -0.208. The highest BCUT2D eigenvalue weighted by Gasteiger charge is 2.16. The van der Waals surface area contributed by atoms with Gasteiger partial charge < -0.3 is 5.32 Å². The lowest BCUT2D eigenvalue weighted by molar-refractivity contribution is 0.0914. The van der Waals surface area contributed by atoms with Crippen LogP contribution in [0, 0.1) is 0 Å². The number of nitrogens with one attached hydrogen (secondary N) is 1. The van der Waals surface area contributed by atoms with Crippen molar-refractivity contribution >= 4 is 23.2 Å². The van der Waals surface area contributed by atoms with Crippen LogP contribution < -0.4 is 5.32 Å². The van der Waals surface area contributed by atoms with Crippen LogP contribution in [0.4, 0.5) is 0 Å². The van der Waals surface area contributed by atoms with E-state index in [0.717, 1.165) is 23.0 Å². The van der Waals surface area contributed by atoms with E-state index in [-0.39, 0.29) is 11.4 Å². The number of hydrogen-bond donors (Lipinski definition) is 1. The summed E-state index contributed by atoms with van der Waals surface area (Å²) < 4.78 is 1.86. The zero-order valence-corrected chi connectivity index (χ0v) is 13.8. The van der Waals surface area contributed by atoms with Crippen LogP contribution in [-0.4, -0.2) is 32.3 Å². The molecule has 0 saturated heterocycles. The maximum Gasteiger partial charge on any atom is 0.270 e. The van der Waals surface area contributed by atoms with Crippen LogP contribution in [0.25, 0.3) is 16.7 Å². The van der Waals surface area contributed by atoms with Gasteiger partial charge >= 0.3 is 0 Å². The Morgan fingerprint density at radius 2 is 1.96 bits per heavy atom. The van der Waals surface area contributed by atoms with E-state index in [4.69, 9.17) is 0 Å². The summed E-state index contributed by atoms with van der Waals surface area (Å²) in [6.07, 6.45) is 5.79. The maximum atomic E-state index is 12.1. The minimum atomic E-state index is -0.311. The molecule has 0 aliphatic heterocycles. The van der Waals surface area contributed by atoms with Crippen molar-refractivity contribution in [2.75, 3.05) is 0 Å². The first kappa shape index (κ1) is 15.9. The van der Waals surface area contributed by atoms with Crippen molar-refractivity contribution < 1.29 is 9.59 Å². The smallest absolute Gasteiger partial charge is 0.270 e. The van der Waals surface area contributed by atoms with E-state index < -0.39 is 0 Å². The molecule has 6 nitrogen and oxygen atoms in total. The molecule has 0 aromatic carbocycles. The molecule has 122 valence electrons. The molecule has 0 saturated carbocycles. The minimum Gasteiger partial charge on any atom is -0.346 e. The monoisotopic (exact) mass is 322 g/mol. The lowest BCUT2D eigenvalue weighted by Gasteiger charge is -2.20. The molecule has 0 aliphatic carbocycles. The van der Waals surface area contributed by atoms with Crippen LogP contribution >= 0.6 is 0 Å². The van der Waals surface area contributed by atoms with E-state index in [1.807, 2.05) is 43.7 Å². The normalized spacial score (nSPS) is 11.5. The van der Waals surface area contributed by atoms with Gasteiger partial charge in [0.2, 0.25) is 0 Å². The molecule has 3 heterocycles. The standard InChI is InChI=1S/C18H18N4O2/c1-18(2,3)21-17(24)15-5-4-14(10-19-15)22-7-6-13-8-12(11-23)9-20-16(13)22/h4-11H,1-3H3,(H,21,24). The third-order valence-electron chi connectivity index (χ3n) is 3.43. The van der Waals surface area contributed by atoms with Gasteiger partial charge in [0.15, 0.2) is 6.29 Å². The fourth-order valence-electron chi connectivity index (χ4n) is 2.38. The predicted octanol–water partition coefficient (Wildman–Crippen LogP) is 2.76. The Labute approximate surface area is 139 Å². The van der Waals surface area contributed by atoms with Crippen molar-refractivity contribution in [3.8, 4) is 5.69 Å². The minimum absolute atomic E-state index is 0.208. The number of amides is 1. The summed E-state index contributed by atoms with van der Waals surface area (Å²) in [6, 6.07) is 7.17. The van der Waals surface area contributed by atoms with Gasteiger partial charge in [-0.2, -0.15) is 0 Å². The molecule has 0 fully saturated rings. The molecule has 1 N–H and O–H groups in total. The van der Waals surface area contributed by atoms with Crippen molar-refractivity contribution in [2.24, 2.45) is 0 Å². The second kappa shape index (κ2) is 5.88. The van der Waals surface area contributed by atoms with Gasteiger partial charge in [-0.05, 0) is 45.0 Å².